The number of aryl methyl sites for hydroxylation is 1. The van der Waals surface area contributed by atoms with Gasteiger partial charge in [0.05, 0.1) is 18.2 Å². The van der Waals surface area contributed by atoms with Crippen LogP contribution in [0.25, 0.3) is 0 Å². The topological polar surface area (TPSA) is 91.8 Å². The molecule has 0 radical (unpaired) electrons. The molecule has 156 valence electrons. The minimum atomic E-state index is -0.250. The van der Waals surface area contributed by atoms with Crippen LogP contribution in [0.1, 0.15) is 30.0 Å². The van der Waals surface area contributed by atoms with Gasteiger partial charge < -0.3 is 15.2 Å². The smallest absolute Gasteiger partial charge is 0.290 e. The number of nitrogens with one attached hydrogen (secondary N) is 1. The predicted octanol–water partition coefficient (Wildman–Crippen LogP) is 2.00. The molecule has 2 N–H and O–H groups in total. The summed E-state index contributed by atoms with van der Waals surface area (Å²) in [5.74, 6) is 2.09. The number of fused-ring (bicyclic) bond motifs is 1. The van der Waals surface area contributed by atoms with Gasteiger partial charge in [-0.1, -0.05) is 0 Å². The minimum absolute atomic E-state index is 0.0334. The molecule has 3 aliphatic heterocycles. The van der Waals surface area contributed by atoms with Gasteiger partial charge >= 0.3 is 0 Å². The Hall–Kier alpha value is -1.16. The third-order valence-electron chi connectivity index (χ3n) is 5.95. The fourth-order valence-electron chi connectivity index (χ4n) is 4.86. The molecule has 4 atom stereocenters. The van der Waals surface area contributed by atoms with Crippen LogP contribution in [0.3, 0.4) is 0 Å². The van der Waals surface area contributed by atoms with E-state index in [0.29, 0.717) is 24.4 Å². The van der Waals surface area contributed by atoms with Gasteiger partial charge in [-0.15, -0.1) is 11.3 Å². The highest BCUT2D eigenvalue weighted by Gasteiger charge is 2.62. The van der Waals surface area contributed by atoms with E-state index in [1.165, 1.54) is 11.4 Å². The van der Waals surface area contributed by atoms with E-state index in [1.54, 1.807) is 23.1 Å². The van der Waals surface area contributed by atoms with Crippen molar-refractivity contribution in [2.75, 3.05) is 31.6 Å². The molecular formula is C19H29N3O4S2. The molecule has 4 rings (SSSR count). The lowest BCUT2D eigenvalue weighted by Gasteiger charge is -2.29. The largest absolute Gasteiger partial charge is 0.483 e. The lowest BCUT2D eigenvalue weighted by Crippen LogP contribution is -2.41. The van der Waals surface area contributed by atoms with E-state index in [2.05, 4.69) is 27.5 Å². The summed E-state index contributed by atoms with van der Waals surface area (Å²) in [6.45, 7) is 5.59. The average Bonchev–Trinajstić information content (AvgIpc) is 3.40. The normalized spacial score (nSPS) is 30.6. The Morgan fingerprint density at radius 3 is 3.07 bits per heavy atom. The molecule has 28 heavy (non-hydrogen) atoms. The summed E-state index contributed by atoms with van der Waals surface area (Å²) in [7, 11) is 0. The Labute approximate surface area is 174 Å². The average molecular weight is 428 g/mol. The summed E-state index contributed by atoms with van der Waals surface area (Å²) >= 11 is 3.47. The molecule has 1 aromatic heterocycles. The highest BCUT2D eigenvalue weighted by Crippen LogP contribution is 2.54. The molecule has 1 spiro atoms. The number of amides is 1. The van der Waals surface area contributed by atoms with Gasteiger partial charge in [0, 0.05) is 54.7 Å². The zero-order chi connectivity index (χ0) is 20.1. The number of hydrogen-bond donors (Lipinski definition) is 2. The third-order valence-corrected chi connectivity index (χ3v) is 7.51. The fourth-order valence-corrected chi connectivity index (χ4v) is 6.06. The van der Waals surface area contributed by atoms with E-state index in [9.17, 15) is 4.79 Å². The van der Waals surface area contributed by atoms with Crippen molar-refractivity contribution in [2.45, 2.75) is 44.4 Å². The molecule has 0 aliphatic carbocycles. The van der Waals surface area contributed by atoms with Crippen LogP contribution >= 0.6 is 23.1 Å². The number of thiazole rings is 1. The second-order valence-corrected chi connectivity index (χ2v) is 9.66. The molecule has 3 aliphatic rings. The number of carbonyl (C=O) groups is 2. The van der Waals surface area contributed by atoms with Crippen molar-refractivity contribution < 1.29 is 19.4 Å². The number of thioether (sulfide) groups is 1. The summed E-state index contributed by atoms with van der Waals surface area (Å²) in [6, 6.07) is 0. The van der Waals surface area contributed by atoms with Crippen LogP contribution in [0.5, 0.6) is 0 Å². The second kappa shape index (κ2) is 9.56. The Morgan fingerprint density at radius 1 is 1.61 bits per heavy atom. The predicted molar refractivity (Wildman–Crippen MR) is 111 cm³/mol. The Balaban J connectivity index is 0.000000706. The zero-order valence-electron chi connectivity index (χ0n) is 16.4. The van der Waals surface area contributed by atoms with Crippen molar-refractivity contribution in [3.63, 3.8) is 0 Å². The number of nitrogens with zero attached hydrogens (tertiary/aromatic N) is 2. The minimum Gasteiger partial charge on any atom is -0.483 e. The van der Waals surface area contributed by atoms with Gasteiger partial charge in [0.25, 0.3) is 6.47 Å². The quantitative estimate of drug-likeness (QED) is 0.643. The van der Waals surface area contributed by atoms with Gasteiger partial charge in [-0.3, -0.25) is 14.5 Å². The maximum atomic E-state index is 12.0. The molecule has 4 heterocycles. The van der Waals surface area contributed by atoms with Gasteiger partial charge in [0.2, 0.25) is 5.91 Å². The number of rotatable bonds is 7. The van der Waals surface area contributed by atoms with E-state index >= 15 is 0 Å². The lowest BCUT2D eigenvalue weighted by molar-refractivity contribution is -0.123. The molecule has 1 amide bonds. The van der Waals surface area contributed by atoms with Crippen LogP contribution in [0, 0.1) is 18.8 Å². The SMILES string of the molecule is CSCCC(=O)NC[C@H]1[C@H]2CN(Cc3nc(C)cs3)C[C@]23CC[C@H]1O3.O=CO. The maximum absolute atomic E-state index is 12.0. The summed E-state index contributed by atoms with van der Waals surface area (Å²) < 4.78 is 6.47. The number of carbonyl (C=O) groups excluding carboxylic acids is 1. The highest BCUT2D eigenvalue weighted by molar-refractivity contribution is 7.98. The first-order valence-electron chi connectivity index (χ1n) is 9.66. The van der Waals surface area contributed by atoms with Gasteiger partial charge in [-0.2, -0.15) is 11.8 Å². The van der Waals surface area contributed by atoms with Crippen LogP contribution in [0.15, 0.2) is 5.38 Å². The lowest BCUT2D eigenvalue weighted by atomic mass is 9.73. The summed E-state index contributed by atoms with van der Waals surface area (Å²) in [4.78, 5) is 27.5. The van der Waals surface area contributed by atoms with Gasteiger partial charge in [0.15, 0.2) is 0 Å². The highest BCUT2D eigenvalue weighted by atomic mass is 32.2. The molecule has 3 saturated heterocycles. The van der Waals surface area contributed by atoms with Gasteiger partial charge in [-0.25, -0.2) is 4.98 Å². The zero-order valence-corrected chi connectivity index (χ0v) is 18.1. The molecule has 3 fully saturated rings. The molecule has 1 aromatic rings. The third kappa shape index (κ3) is 4.69. The Morgan fingerprint density at radius 2 is 2.39 bits per heavy atom. The van der Waals surface area contributed by atoms with Crippen molar-refractivity contribution in [1.29, 1.82) is 0 Å². The van der Waals surface area contributed by atoms with Crippen molar-refractivity contribution in [2.24, 2.45) is 11.8 Å². The van der Waals surface area contributed by atoms with Crippen molar-refractivity contribution in [3.8, 4) is 0 Å². The summed E-state index contributed by atoms with van der Waals surface area (Å²) in [5.41, 5.74) is 1.15. The van der Waals surface area contributed by atoms with Crippen molar-refractivity contribution in [1.82, 2.24) is 15.2 Å². The molecule has 9 heteroatoms. The van der Waals surface area contributed by atoms with Crippen LogP contribution in [-0.2, 0) is 20.9 Å². The van der Waals surface area contributed by atoms with Crippen molar-refractivity contribution in [3.05, 3.63) is 16.1 Å². The van der Waals surface area contributed by atoms with Crippen molar-refractivity contribution >= 4 is 35.5 Å². The first-order valence-corrected chi connectivity index (χ1v) is 11.9. The van der Waals surface area contributed by atoms with E-state index in [4.69, 9.17) is 14.6 Å². The van der Waals surface area contributed by atoms with Gasteiger partial charge in [0.1, 0.15) is 5.01 Å². The first-order chi connectivity index (χ1) is 13.5. The van der Waals surface area contributed by atoms with Crippen LogP contribution in [-0.4, -0.2) is 70.7 Å². The Bertz CT molecular complexity index is 686. The number of likely N-dealkylation sites (tertiary alicyclic amines) is 1. The van der Waals surface area contributed by atoms with Crippen LogP contribution in [0.2, 0.25) is 0 Å². The summed E-state index contributed by atoms with van der Waals surface area (Å²) in [5, 5.41) is 13.4. The fraction of sp³-hybridized carbons (Fsp3) is 0.737. The number of hydrogen-bond acceptors (Lipinski definition) is 7. The van der Waals surface area contributed by atoms with Crippen LogP contribution in [0.4, 0.5) is 0 Å². The van der Waals surface area contributed by atoms with E-state index in [0.717, 1.165) is 44.0 Å². The van der Waals surface area contributed by atoms with E-state index in [-0.39, 0.29) is 18.0 Å². The molecule has 0 saturated carbocycles. The molecule has 7 nitrogen and oxygen atoms in total. The maximum Gasteiger partial charge on any atom is 0.290 e. The first kappa shape index (κ1) is 21.5. The molecule has 0 aromatic carbocycles. The van der Waals surface area contributed by atoms with E-state index < -0.39 is 0 Å². The molecule has 0 unspecified atom stereocenters. The number of ether oxygens (including phenoxy) is 1. The van der Waals surface area contributed by atoms with Crippen LogP contribution < -0.4 is 5.32 Å². The van der Waals surface area contributed by atoms with Gasteiger partial charge in [-0.05, 0) is 26.0 Å². The summed E-state index contributed by atoms with van der Waals surface area (Å²) in [6.07, 6.45) is 5.32. The molecule has 2 bridgehead atoms. The number of carboxylic acid groups (broad SMARTS) is 1. The van der Waals surface area contributed by atoms with E-state index in [1.807, 2.05) is 6.26 Å². The molecular weight excluding hydrogens is 398 g/mol. The number of aromatic nitrogens is 1. The Kier molecular flexibility index (Phi) is 7.36. The second-order valence-electron chi connectivity index (χ2n) is 7.73. The standard InChI is InChI=1S/C18H27N3O2S2.CH2O2/c1-12-10-25-17(20-12)9-21-8-14-13(7-19-16(22)4-6-24-2)15-3-5-18(14,11-21)23-15;2-1-3/h10,13-15H,3-9,11H2,1-2H3,(H,19,22);1H,(H,2,3)/t13-,14+,15+,18+;/m0./s1. The monoisotopic (exact) mass is 427 g/mol.